The fourth-order valence-corrected chi connectivity index (χ4v) is 2.33. The van der Waals surface area contributed by atoms with E-state index in [1.807, 2.05) is 0 Å². The maximum absolute atomic E-state index is 12.0. The van der Waals surface area contributed by atoms with Gasteiger partial charge in [0, 0.05) is 6.92 Å². The molecule has 0 radical (unpaired) electrons. The molecule has 0 fully saturated rings. The van der Waals surface area contributed by atoms with Crippen LogP contribution in [-0.2, 0) is 14.3 Å². The van der Waals surface area contributed by atoms with E-state index in [-0.39, 0.29) is 11.6 Å². The molecule has 0 spiro atoms. The smallest absolute Gasteiger partial charge is 0.363 e. The molecule has 6 heteroatoms. The van der Waals surface area contributed by atoms with Gasteiger partial charge in [-0.3, -0.25) is 4.79 Å². The van der Waals surface area contributed by atoms with Gasteiger partial charge in [-0.1, -0.05) is 35.9 Å². The molecule has 0 aliphatic carbocycles. The number of halogens is 1. The molecule has 0 bridgehead atoms. The van der Waals surface area contributed by atoms with Gasteiger partial charge >= 0.3 is 11.9 Å². The van der Waals surface area contributed by atoms with Crippen LogP contribution in [0.3, 0.4) is 0 Å². The lowest BCUT2D eigenvalue weighted by Gasteiger charge is -2.01. The number of ether oxygens (including phenoxy) is 2. The minimum absolute atomic E-state index is 0.171. The Morgan fingerprint density at radius 2 is 1.88 bits per heavy atom. The predicted molar refractivity (Wildman–Crippen MR) is 89.8 cm³/mol. The Hall–Kier alpha value is -2.92. The van der Waals surface area contributed by atoms with E-state index in [1.165, 1.54) is 6.92 Å². The van der Waals surface area contributed by atoms with E-state index in [0.717, 1.165) is 5.56 Å². The molecule has 0 aromatic heterocycles. The fourth-order valence-electron chi connectivity index (χ4n) is 2.11. The van der Waals surface area contributed by atoms with E-state index < -0.39 is 11.9 Å². The van der Waals surface area contributed by atoms with Crippen LogP contribution in [-0.4, -0.2) is 17.8 Å². The van der Waals surface area contributed by atoms with Crippen molar-refractivity contribution in [2.45, 2.75) is 6.92 Å². The first-order chi connectivity index (χ1) is 11.5. The average molecular weight is 342 g/mol. The lowest BCUT2D eigenvalue weighted by Crippen LogP contribution is -2.05. The van der Waals surface area contributed by atoms with Crippen molar-refractivity contribution in [2.24, 2.45) is 4.99 Å². The summed E-state index contributed by atoms with van der Waals surface area (Å²) in [6, 6.07) is 13.7. The van der Waals surface area contributed by atoms with Crippen molar-refractivity contribution in [1.29, 1.82) is 0 Å². The largest absolute Gasteiger partial charge is 0.427 e. The molecule has 1 heterocycles. The maximum Gasteiger partial charge on any atom is 0.363 e. The molecule has 2 aromatic rings. The first kappa shape index (κ1) is 16.0. The van der Waals surface area contributed by atoms with Crippen LogP contribution in [0, 0.1) is 0 Å². The molecular formula is C18H12ClNO4. The Balaban J connectivity index is 1.86. The Bertz CT molecular complexity index is 869. The van der Waals surface area contributed by atoms with Crippen molar-refractivity contribution in [3.05, 3.63) is 70.4 Å². The zero-order valence-electron chi connectivity index (χ0n) is 12.7. The molecule has 0 saturated heterocycles. The van der Waals surface area contributed by atoms with Gasteiger partial charge in [-0.05, 0) is 35.9 Å². The van der Waals surface area contributed by atoms with Crippen LogP contribution >= 0.6 is 11.6 Å². The molecule has 2 aromatic carbocycles. The molecule has 24 heavy (non-hydrogen) atoms. The van der Waals surface area contributed by atoms with E-state index in [9.17, 15) is 9.59 Å². The summed E-state index contributed by atoms with van der Waals surface area (Å²) < 4.78 is 10.1. The van der Waals surface area contributed by atoms with E-state index in [2.05, 4.69) is 4.99 Å². The number of cyclic esters (lactones) is 1. The molecule has 120 valence electrons. The lowest BCUT2D eigenvalue weighted by atomic mass is 10.2. The number of nitrogens with zero attached hydrogens (tertiary/aromatic N) is 1. The van der Waals surface area contributed by atoms with Crippen LogP contribution in [0.4, 0.5) is 0 Å². The van der Waals surface area contributed by atoms with Gasteiger partial charge in [0.1, 0.15) is 5.75 Å². The lowest BCUT2D eigenvalue weighted by molar-refractivity contribution is -0.132. The minimum atomic E-state index is -0.547. The Morgan fingerprint density at radius 3 is 2.54 bits per heavy atom. The number of hydrogen-bond acceptors (Lipinski definition) is 5. The van der Waals surface area contributed by atoms with Crippen molar-refractivity contribution < 1.29 is 19.1 Å². The first-order valence-electron chi connectivity index (χ1n) is 7.09. The number of aliphatic imine (C=N–C) groups is 1. The second kappa shape index (κ2) is 6.68. The van der Waals surface area contributed by atoms with Crippen molar-refractivity contribution in [1.82, 2.24) is 0 Å². The summed E-state index contributed by atoms with van der Waals surface area (Å²) in [6.07, 6.45) is 1.59. The second-order valence-electron chi connectivity index (χ2n) is 4.98. The summed E-state index contributed by atoms with van der Waals surface area (Å²) in [5, 5.41) is 0.455. The Kier molecular flexibility index (Phi) is 4.44. The van der Waals surface area contributed by atoms with Gasteiger partial charge in [0.25, 0.3) is 0 Å². The van der Waals surface area contributed by atoms with Crippen LogP contribution in [0.15, 0.2) is 59.2 Å². The van der Waals surface area contributed by atoms with Crippen molar-refractivity contribution in [2.75, 3.05) is 0 Å². The third kappa shape index (κ3) is 3.52. The summed E-state index contributed by atoms with van der Waals surface area (Å²) >= 11 is 6.09. The fraction of sp³-hybridized carbons (Fsp3) is 0.0556. The van der Waals surface area contributed by atoms with Gasteiger partial charge in [-0.15, -0.1) is 0 Å². The highest BCUT2D eigenvalue weighted by molar-refractivity contribution is 6.34. The molecule has 0 atom stereocenters. The molecular weight excluding hydrogens is 330 g/mol. The molecule has 0 unspecified atom stereocenters. The SMILES string of the molecule is CC(=O)Oc1ccc(C=C2N=C(c3ccccc3Cl)OC2=O)cc1. The molecule has 3 rings (SSSR count). The quantitative estimate of drug-likeness (QED) is 0.486. The second-order valence-corrected chi connectivity index (χ2v) is 5.39. The van der Waals surface area contributed by atoms with Crippen LogP contribution in [0.2, 0.25) is 5.02 Å². The molecule has 1 aliphatic rings. The van der Waals surface area contributed by atoms with E-state index in [4.69, 9.17) is 21.1 Å². The van der Waals surface area contributed by atoms with Gasteiger partial charge in [-0.2, -0.15) is 0 Å². The molecule has 1 aliphatic heterocycles. The number of hydrogen-bond donors (Lipinski definition) is 0. The molecule has 0 N–H and O–H groups in total. The van der Waals surface area contributed by atoms with Gasteiger partial charge in [0.05, 0.1) is 10.6 Å². The summed E-state index contributed by atoms with van der Waals surface area (Å²) in [4.78, 5) is 27.1. The first-order valence-corrected chi connectivity index (χ1v) is 7.46. The molecule has 0 saturated carbocycles. The van der Waals surface area contributed by atoms with Crippen LogP contribution in [0.25, 0.3) is 6.08 Å². The van der Waals surface area contributed by atoms with Crippen LogP contribution in [0.1, 0.15) is 18.1 Å². The summed E-state index contributed by atoms with van der Waals surface area (Å²) in [6.45, 7) is 1.33. The monoisotopic (exact) mass is 341 g/mol. The summed E-state index contributed by atoms with van der Waals surface area (Å²) in [5.41, 5.74) is 1.45. The zero-order valence-corrected chi connectivity index (χ0v) is 13.4. The summed E-state index contributed by atoms with van der Waals surface area (Å²) in [7, 11) is 0. The number of carbonyl (C=O) groups excluding carboxylic acids is 2. The highest BCUT2D eigenvalue weighted by atomic mass is 35.5. The zero-order chi connectivity index (χ0) is 17.1. The van der Waals surface area contributed by atoms with Crippen LogP contribution in [0.5, 0.6) is 5.75 Å². The number of rotatable bonds is 3. The Labute approximate surface area is 143 Å². The molecule has 5 nitrogen and oxygen atoms in total. The van der Waals surface area contributed by atoms with E-state index in [0.29, 0.717) is 16.3 Å². The molecule has 0 amide bonds. The highest BCUT2D eigenvalue weighted by Crippen LogP contribution is 2.24. The number of esters is 2. The van der Waals surface area contributed by atoms with Gasteiger partial charge in [-0.25, -0.2) is 9.79 Å². The number of carbonyl (C=O) groups is 2. The minimum Gasteiger partial charge on any atom is -0.427 e. The maximum atomic E-state index is 12.0. The van der Waals surface area contributed by atoms with E-state index >= 15 is 0 Å². The van der Waals surface area contributed by atoms with Gasteiger partial charge in [0.15, 0.2) is 5.70 Å². The number of benzene rings is 2. The Morgan fingerprint density at radius 1 is 1.17 bits per heavy atom. The van der Waals surface area contributed by atoms with Gasteiger partial charge < -0.3 is 9.47 Å². The third-order valence-electron chi connectivity index (χ3n) is 3.17. The average Bonchev–Trinajstić information content (AvgIpc) is 2.90. The normalized spacial score (nSPS) is 15.2. The highest BCUT2D eigenvalue weighted by Gasteiger charge is 2.25. The third-order valence-corrected chi connectivity index (χ3v) is 3.50. The topological polar surface area (TPSA) is 65.0 Å². The standard InChI is InChI=1S/C18H12ClNO4/c1-11(21)23-13-8-6-12(7-9-13)10-16-18(22)24-17(20-16)14-4-2-3-5-15(14)19/h2-10H,1H3. The predicted octanol–water partition coefficient (Wildman–Crippen LogP) is 3.61. The van der Waals surface area contributed by atoms with E-state index in [1.54, 1.807) is 54.6 Å². The van der Waals surface area contributed by atoms with Crippen LogP contribution < -0.4 is 4.74 Å². The van der Waals surface area contributed by atoms with Gasteiger partial charge in [0.2, 0.25) is 5.90 Å². The van der Waals surface area contributed by atoms with Crippen molar-refractivity contribution >= 4 is 35.5 Å². The van der Waals surface area contributed by atoms with Crippen molar-refractivity contribution in [3.8, 4) is 5.75 Å². The summed E-state index contributed by atoms with van der Waals surface area (Å²) in [5.74, 6) is -0.337. The van der Waals surface area contributed by atoms with Crippen molar-refractivity contribution in [3.63, 3.8) is 0 Å².